The van der Waals surface area contributed by atoms with E-state index >= 15 is 0 Å². The first kappa shape index (κ1) is 21.8. The van der Waals surface area contributed by atoms with Crippen molar-refractivity contribution >= 4 is 102 Å². The maximum atomic E-state index is 6.10. The van der Waals surface area contributed by atoms with Gasteiger partial charge < -0.3 is 28.4 Å². The standard InChI is InChI=1S/C21H19N3.BrH.Cs.H/c1-2-24-20-13-16(23)9-11-18(20)17-10-8-15(22)12-19(17)21(24)14-6-4-3-5-7-14;;;/h3-13,23H,2,22H2,1H3;1H;;. The van der Waals surface area contributed by atoms with Crippen LogP contribution in [-0.2, 0) is 6.54 Å². The Morgan fingerprint density at radius 2 is 1.38 bits per heavy atom. The van der Waals surface area contributed by atoms with Gasteiger partial charge in [-0.05, 0) is 43.3 Å². The number of pyridine rings is 1. The van der Waals surface area contributed by atoms with E-state index in [0.717, 1.165) is 23.4 Å². The third-order valence-corrected chi connectivity index (χ3v) is 4.53. The molecule has 0 fully saturated rings. The number of aryl methyl sites for hydroxylation is 1. The molecule has 0 saturated heterocycles. The average Bonchev–Trinajstić information content (AvgIpc) is 2.61. The van der Waals surface area contributed by atoms with Gasteiger partial charge in [0, 0.05) is 28.4 Å². The molecule has 0 atom stereocenters. The van der Waals surface area contributed by atoms with Gasteiger partial charge in [0.1, 0.15) is 6.54 Å². The zero-order chi connectivity index (χ0) is 16.7. The molecule has 0 saturated carbocycles. The summed E-state index contributed by atoms with van der Waals surface area (Å²) in [5.41, 5.74) is 17.2. The molecule has 0 amide bonds. The minimum atomic E-state index is 0. The molecule has 3 nitrogen and oxygen atoms in total. The molecule has 26 heavy (non-hydrogen) atoms. The molecular formula is C21H21BrCsN3. The molecule has 4 aromatic rings. The summed E-state index contributed by atoms with van der Waals surface area (Å²) in [5.74, 6) is 0. The van der Waals surface area contributed by atoms with Crippen LogP contribution in [-0.4, -0.2) is 68.9 Å². The zero-order valence-corrected chi connectivity index (χ0v) is 15.6. The van der Waals surface area contributed by atoms with Crippen molar-refractivity contribution in [1.29, 1.82) is 0 Å². The number of nitrogens with two attached hydrogens (primary N) is 2. The van der Waals surface area contributed by atoms with Gasteiger partial charge in [-0.25, -0.2) is 0 Å². The first-order valence-corrected chi connectivity index (χ1v) is 8.18. The van der Waals surface area contributed by atoms with E-state index < -0.39 is 0 Å². The van der Waals surface area contributed by atoms with Gasteiger partial charge in [-0.1, -0.05) is 24.3 Å². The van der Waals surface area contributed by atoms with Crippen LogP contribution in [0.15, 0.2) is 66.7 Å². The maximum absolute atomic E-state index is 6.10. The van der Waals surface area contributed by atoms with Gasteiger partial charge in [-0.3, -0.25) is 0 Å². The van der Waals surface area contributed by atoms with Crippen LogP contribution in [0.2, 0.25) is 0 Å². The van der Waals surface area contributed by atoms with Crippen LogP contribution in [0.4, 0.5) is 11.4 Å². The van der Waals surface area contributed by atoms with Gasteiger partial charge in [-0.15, -0.1) is 0 Å². The molecule has 1 aromatic heterocycles. The summed E-state index contributed by atoms with van der Waals surface area (Å²) < 4.78 is 2.32. The van der Waals surface area contributed by atoms with E-state index in [-0.39, 0.29) is 85.9 Å². The van der Waals surface area contributed by atoms with E-state index in [1.165, 1.54) is 27.4 Å². The molecule has 5 heteroatoms. The van der Waals surface area contributed by atoms with Gasteiger partial charge in [0.25, 0.3) is 0 Å². The average molecular weight is 528 g/mol. The number of hydrogen-bond donors (Lipinski definition) is 2. The van der Waals surface area contributed by atoms with Crippen molar-refractivity contribution in [2.75, 3.05) is 11.5 Å². The van der Waals surface area contributed by atoms with E-state index in [1.54, 1.807) is 0 Å². The van der Waals surface area contributed by atoms with Crippen LogP contribution in [0.25, 0.3) is 32.9 Å². The molecule has 1 heterocycles. The predicted octanol–water partition coefficient (Wildman–Crippen LogP) is 0.487. The molecule has 0 aliphatic carbocycles. The monoisotopic (exact) mass is 527 g/mol. The van der Waals surface area contributed by atoms with Crippen molar-refractivity contribution in [3.8, 4) is 11.3 Å². The summed E-state index contributed by atoms with van der Waals surface area (Å²) in [4.78, 5) is 0. The molecule has 0 bridgehead atoms. The van der Waals surface area contributed by atoms with E-state index in [2.05, 4.69) is 60.0 Å². The Kier molecular flexibility index (Phi) is 7.62. The molecule has 128 valence electrons. The normalized spacial score (nSPS) is 10.3. The summed E-state index contributed by atoms with van der Waals surface area (Å²) in [6, 6.07) is 22.7. The number of nitrogen functional groups attached to an aromatic ring is 2. The quantitative estimate of drug-likeness (QED) is 0.226. The molecule has 0 radical (unpaired) electrons. The summed E-state index contributed by atoms with van der Waals surface area (Å²) in [6.45, 7) is 3.02. The molecule has 0 aliphatic heterocycles. The van der Waals surface area contributed by atoms with Crippen LogP contribution in [0.3, 0.4) is 0 Å². The molecule has 4 N–H and O–H groups in total. The van der Waals surface area contributed by atoms with Crippen molar-refractivity contribution in [3.63, 3.8) is 0 Å². The fraction of sp³-hybridized carbons (Fsp3) is 0.0952. The fourth-order valence-electron chi connectivity index (χ4n) is 3.49. The van der Waals surface area contributed by atoms with Crippen LogP contribution in [0, 0.1) is 0 Å². The molecule has 0 spiro atoms. The second-order valence-corrected chi connectivity index (χ2v) is 6.04. The van der Waals surface area contributed by atoms with Crippen molar-refractivity contribution in [3.05, 3.63) is 66.7 Å². The predicted molar refractivity (Wildman–Crippen MR) is 109 cm³/mol. The Balaban J connectivity index is 0.00000121. The Hall–Kier alpha value is -0.538. The number of aromatic nitrogens is 1. The van der Waals surface area contributed by atoms with Gasteiger partial charge >= 0.3 is 68.9 Å². The van der Waals surface area contributed by atoms with Gasteiger partial charge in [0.2, 0.25) is 11.2 Å². The fourth-order valence-corrected chi connectivity index (χ4v) is 3.49. The summed E-state index contributed by atoms with van der Waals surface area (Å²) in [5, 5.41) is 3.56. The third-order valence-electron chi connectivity index (χ3n) is 4.53. The first-order chi connectivity index (χ1) is 11.7. The van der Waals surface area contributed by atoms with Crippen LogP contribution in [0.1, 0.15) is 6.92 Å². The van der Waals surface area contributed by atoms with E-state index in [1.807, 2.05) is 18.2 Å². The number of benzene rings is 3. The zero-order valence-electron chi connectivity index (χ0n) is 14.0. The second kappa shape index (κ2) is 9.10. The van der Waals surface area contributed by atoms with Gasteiger partial charge in [0.05, 0.1) is 10.8 Å². The van der Waals surface area contributed by atoms with Crippen molar-refractivity contribution in [1.82, 2.24) is 0 Å². The molecule has 0 aliphatic rings. The van der Waals surface area contributed by atoms with Crippen LogP contribution in [0.5, 0.6) is 0 Å². The van der Waals surface area contributed by atoms with E-state index in [4.69, 9.17) is 11.5 Å². The number of anilines is 2. The Morgan fingerprint density at radius 3 is 2.04 bits per heavy atom. The number of rotatable bonds is 2. The summed E-state index contributed by atoms with van der Waals surface area (Å²) >= 11 is 0. The Morgan fingerprint density at radius 1 is 0.769 bits per heavy atom. The van der Waals surface area contributed by atoms with Gasteiger partial charge in [0.15, 0.2) is 0 Å². The van der Waals surface area contributed by atoms with Gasteiger partial charge in [-0.2, -0.15) is 4.57 Å². The summed E-state index contributed by atoms with van der Waals surface area (Å²) in [6.07, 6.45) is 0. The van der Waals surface area contributed by atoms with Crippen LogP contribution < -0.4 is 33.0 Å². The number of hydrogen-bond acceptors (Lipinski definition) is 2. The SMILES string of the molecule is CC[n+]1c(-c2ccccc2)c2cc(N)ccc2c2ccc(N)cc21.[Br-].[CsH]. The minimum absolute atomic E-state index is 0. The van der Waals surface area contributed by atoms with Crippen LogP contribution >= 0.6 is 0 Å². The number of fused-ring (bicyclic) bond motifs is 3. The topological polar surface area (TPSA) is 55.9 Å². The van der Waals surface area contributed by atoms with E-state index in [9.17, 15) is 0 Å². The molecule has 0 unspecified atom stereocenters. The molecule has 3 aromatic carbocycles. The summed E-state index contributed by atoms with van der Waals surface area (Å²) in [7, 11) is 0. The molecule has 4 rings (SSSR count). The molecular weight excluding hydrogens is 507 g/mol. The Labute approximate surface area is 223 Å². The number of halogens is 1. The Bertz CT molecular complexity index is 1070. The third kappa shape index (κ3) is 3.85. The first-order valence-electron chi connectivity index (χ1n) is 8.18. The number of nitrogens with zero attached hydrogens (tertiary/aromatic N) is 1. The van der Waals surface area contributed by atoms with E-state index in [0.29, 0.717) is 0 Å². The van der Waals surface area contributed by atoms with Crippen molar-refractivity contribution in [2.45, 2.75) is 13.5 Å². The second-order valence-electron chi connectivity index (χ2n) is 6.04. The van der Waals surface area contributed by atoms with Crippen molar-refractivity contribution in [2.24, 2.45) is 0 Å². The van der Waals surface area contributed by atoms with Crippen molar-refractivity contribution < 1.29 is 21.5 Å².